The zero-order valence-corrected chi connectivity index (χ0v) is 10.1. The Kier molecular flexibility index (Phi) is 2.57. The minimum atomic E-state index is -1.32. The summed E-state index contributed by atoms with van der Waals surface area (Å²) in [5.74, 6) is -1.79. The number of para-hydroxylation sites is 2. The van der Waals surface area contributed by atoms with E-state index in [1.807, 2.05) is 0 Å². The Morgan fingerprint density at radius 1 is 0.950 bits per heavy atom. The number of carboxylic acid groups (broad SMARTS) is 2. The van der Waals surface area contributed by atoms with Gasteiger partial charge < -0.3 is 20.3 Å². The molecule has 3 rings (SSSR count). The molecule has 0 atom stereocenters. The van der Waals surface area contributed by atoms with Gasteiger partial charge in [-0.1, -0.05) is 12.1 Å². The van der Waals surface area contributed by atoms with Crippen LogP contribution in [-0.4, -0.2) is 22.2 Å². The number of ether oxygens (including phenoxy) is 1. The predicted molar refractivity (Wildman–Crippen MR) is 70.2 cm³/mol. The van der Waals surface area contributed by atoms with Crippen LogP contribution in [0.1, 0.15) is 20.7 Å². The Bertz CT molecular complexity index is 738. The van der Waals surface area contributed by atoms with Gasteiger partial charge in [-0.3, -0.25) is 0 Å². The lowest BCUT2D eigenvalue weighted by Gasteiger charge is -2.23. The molecule has 6 heteroatoms. The van der Waals surface area contributed by atoms with Gasteiger partial charge >= 0.3 is 11.9 Å². The number of fused-ring (bicyclic) bond motifs is 2. The standard InChI is InChI=1S/C14H9NO5/c16-13(17)7-5-6-10-12(11(7)14(18)19)15-8-3-1-2-4-9(8)20-10/h1-6,15H,(H,16,17)(H,18,19). The van der Waals surface area contributed by atoms with Crippen LogP contribution in [0.2, 0.25) is 0 Å². The first kappa shape index (κ1) is 12.0. The first-order chi connectivity index (χ1) is 9.58. The summed E-state index contributed by atoms with van der Waals surface area (Å²) in [7, 11) is 0. The van der Waals surface area contributed by atoms with Gasteiger partial charge in [0.25, 0.3) is 0 Å². The van der Waals surface area contributed by atoms with E-state index in [2.05, 4.69) is 5.32 Å². The van der Waals surface area contributed by atoms with Crippen molar-refractivity contribution in [3.05, 3.63) is 47.5 Å². The zero-order chi connectivity index (χ0) is 14.3. The number of hydrogen-bond donors (Lipinski definition) is 3. The summed E-state index contributed by atoms with van der Waals surface area (Å²) in [4.78, 5) is 22.5. The second-order valence-electron chi connectivity index (χ2n) is 4.19. The number of carboxylic acids is 2. The normalized spacial score (nSPS) is 11.6. The van der Waals surface area contributed by atoms with Gasteiger partial charge in [-0.25, -0.2) is 9.59 Å². The summed E-state index contributed by atoms with van der Waals surface area (Å²) in [5, 5.41) is 21.3. The molecule has 3 N–H and O–H groups in total. The summed E-state index contributed by atoms with van der Waals surface area (Å²) in [6, 6.07) is 9.67. The largest absolute Gasteiger partial charge is 0.478 e. The number of aromatic carboxylic acids is 2. The van der Waals surface area contributed by atoms with E-state index < -0.39 is 11.9 Å². The molecule has 0 aliphatic carbocycles. The number of rotatable bonds is 2. The van der Waals surface area contributed by atoms with Crippen LogP contribution in [-0.2, 0) is 0 Å². The summed E-state index contributed by atoms with van der Waals surface area (Å²) < 4.78 is 5.58. The van der Waals surface area contributed by atoms with Gasteiger partial charge in [0.05, 0.1) is 16.9 Å². The van der Waals surface area contributed by atoms with Gasteiger partial charge in [0.2, 0.25) is 0 Å². The Morgan fingerprint density at radius 2 is 1.70 bits per heavy atom. The fourth-order valence-corrected chi connectivity index (χ4v) is 2.11. The molecule has 20 heavy (non-hydrogen) atoms. The number of hydrogen-bond acceptors (Lipinski definition) is 4. The Labute approximate surface area is 113 Å². The van der Waals surface area contributed by atoms with E-state index in [-0.39, 0.29) is 22.6 Å². The third-order valence-corrected chi connectivity index (χ3v) is 2.98. The molecule has 1 aliphatic rings. The van der Waals surface area contributed by atoms with Crippen molar-refractivity contribution >= 4 is 23.3 Å². The Balaban J connectivity index is 2.21. The molecule has 0 bridgehead atoms. The summed E-state index contributed by atoms with van der Waals surface area (Å²) in [6.07, 6.45) is 0. The van der Waals surface area contributed by atoms with Crippen LogP contribution in [0.3, 0.4) is 0 Å². The van der Waals surface area contributed by atoms with E-state index in [1.54, 1.807) is 24.3 Å². The van der Waals surface area contributed by atoms with Crippen molar-refractivity contribution in [1.29, 1.82) is 0 Å². The number of benzene rings is 2. The van der Waals surface area contributed by atoms with Crippen LogP contribution in [0.15, 0.2) is 36.4 Å². The van der Waals surface area contributed by atoms with Crippen LogP contribution in [0.4, 0.5) is 11.4 Å². The van der Waals surface area contributed by atoms with Crippen LogP contribution < -0.4 is 10.1 Å². The summed E-state index contributed by atoms with van der Waals surface area (Å²) >= 11 is 0. The van der Waals surface area contributed by atoms with E-state index in [0.717, 1.165) is 0 Å². The van der Waals surface area contributed by atoms with Crippen LogP contribution in [0.5, 0.6) is 11.5 Å². The fourth-order valence-electron chi connectivity index (χ4n) is 2.11. The zero-order valence-electron chi connectivity index (χ0n) is 10.1. The minimum Gasteiger partial charge on any atom is -0.478 e. The number of carbonyl (C=O) groups is 2. The molecule has 0 radical (unpaired) electrons. The lowest BCUT2D eigenvalue weighted by atomic mass is 10.0. The molecule has 100 valence electrons. The van der Waals surface area contributed by atoms with Gasteiger partial charge in [-0.05, 0) is 24.3 Å². The van der Waals surface area contributed by atoms with E-state index in [9.17, 15) is 14.7 Å². The van der Waals surface area contributed by atoms with Crippen molar-refractivity contribution in [2.75, 3.05) is 5.32 Å². The van der Waals surface area contributed by atoms with E-state index >= 15 is 0 Å². The lowest BCUT2D eigenvalue weighted by Crippen LogP contribution is -2.14. The van der Waals surface area contributed by atoms with Crippen molar-refractivity contribution in [1.82, 2.24) is 0 Å². The first-order valence-electron chi connectivity index (χ1n) is 5.75. The molecule has 0 spiro atoms. The molecule has 1 heterocycles. The van der Waals surface area contributed by atoms with Gasteiger partial charge in [-0.15, -0.1) is 0 Å². The number of anilines is 2. The van der Waals surface area contributed by atoms with Gasteiger partial charge in [0.1, 0.15) is 5.56 Å². The average Bonchev–Trinajstić information content (AvgIpc) is 2.43. The summed E-state index contributed by atoms with van der Waals surface area (Å²) in [5.41, 5.74) is 0.136. The highest BCUT2D eigenvalue weighted by atomic mass is 16.5. The van der Waals surface area contributed by atoms with Crippen LogP contribution in [0.25, 0.3) is 0 Å². The highest BCUT2D eigenvalue weighted by molar-refractivity contribution is 6.08. The maximum Gasteiger partial charge on any atom is 0.338 e. The topological polar surface area (TPSA) is 95.9 Å². The van der Waals surface area contributed by atoms with E-state index in [4.69, 9.17) is 9.84 Å². The Hall–Kier alpha value is -3.02. The predicted octanol–water partition coefficient (Wildman–Crippen LogP) is 2.93. The molecule has 6 nitrogen and oxygen atoms in total. The second-order valence-corrected chi connectivity index (χ2v) is 4.19. The van der Waals surface area contributed by atoms with Crippen LogP contribution in [0, 0.1) is 0 Å². The SMILES string of the molecule is O=C(O)c1ccc2c(c1C(=O)O)Nc1ccccc1O2. The second kappa shape index (κ2) is 4.27. The maximum atomic E-state index is 11.4. The molecule has 2 aromatic rings. The van der Waals surface area contributed by atoms with Crippen molar-refractivity contribution in [3.8, 4) is 11.5 Å². The molecule has 0 fully saturated rings. The van der Waals surface area contributed by atoms with Gasteiger partial charge in [0.15, 0.2) is 11.5 Å². The smallest absolute Gasteiger partial charge is 0.338 e. The lowest BCUT2D eigenvalue weighted by molar-refractivity contribution is 0.0652. The van der Waals surface area contributed by atoms with Crippen molar-refractivity contribution in [3.63, 3.8) is 0 Å². The van der Waals surface area contributed by atoms with Crippen molar-refractivity contribution in [2.45, 2.75) is 0 Å². The Morgan fingerprint density at radius 3 is 2.40 bits per heavy atom. The molecule has 0 aromatic heterocycles. The third kappa shape index (κ3) is 1.74. The van der Waals surface area contributed by atoms with Crippen molar-refractivity contribution in [2.24, 2.45) is 0 Å². The summed E-state index contributed by atoms with van der Waals surface area (Å²) in [6.45, 7) is 0. The first-order valence-corrected chi connectivity index (χ1v) is 5.75. The molecule has 2 aromatic carbocycles. The van der Waals surface area contributed by atoms with Gasteiger partial charge in [0, 0.05) is 0 Å². The monoisotopic (exact) mass is 271 g/mol. The van der Waals surface area contributed by atoms with E-state index in [1.165, 1.54) is 12.1 Å². The molecular formula is C14H9NO5. The van der Waals surface area contributed by atoms with E-state index in [0.29, 0.717) is 11.4 Å². The quantitative estimate of drug-likeness (QED) is 0.663. The van der Waals surface area contributed by atoms with Gasteiger partial charge in [-0.2, -0.15) is 0 Å². The average molecular weight is 271 g/mol. The highest BCUT2D eigenvalue weighted by Gasteiger charge is 2.27. The molecule has 0 amide bonds. The molecule has 0 unspecified atom stereocenters. The number of nitrogens with one attached hydrogen (secondary N) is 1. The molecule has 0 saturated heterocycles. The highest BCUT2D eigenvalue weighted by Crippen LogP contribution is 2.44. The molecule has 1 aliphatic heterocycles. The molecular weight excluding hydrogens is 262 g/mol. The third-order valence-electron chi connectivity index (χ3n) is 2.98. The fraction of sp³-hybridized carbons (Fsp3) is 0. The van der Waals surface area contributed by atoms with Crippen molar-refractivity contribution < 1.29 is 24.5 Å². The molecule has 0 saturated carbocycles. The minimum absolute atomic E-state index is 0.149. The maximum absolute atomic E-state index is 11.4. The van der Waals surface area contributed by atoms with Crippen LogP contribution >= 0.6 is 0 Å².